The normalized spacial score (nSPS) is 37.0. The van der Waals surface area contributed by atoms with Gasteiger partial charge in [-0.2, -0.15) is 0 Å². The van der Waals surface area contributed by atoms with Crippen molar-refractivity contribution >= 4 is 21.7 Å². The Morgan fingerprint density at radius 1 is 1.14 bits per heavy atom. The Labute approximate surface area is 130 Å². The predicted octanol–water partition coefficient (Wildman–Crippen LogP) is 1.06. The molecule has 3 aliphatic rings. The van der Waals surface area contributed by atoms with Crippen molar-refractivity contribution in [2.24, 2.45) is 11.8 Å². The van der Waals surface area contributed by atoms with Crippen molar-refractivity contribution < 1.29 is 23.1 Å². The summed E-state index contributed by atoms with van der Waals surface area (Å²) in [5.41, 5.74) is 0. The van der Waals surface area contributed by atoms with Gasteiger partial charge in [-0.15, -0.1) is 0 Å². The van der Waals surface area contributed by atoms with Gasteiger partial charge in [0.2, 0.25) is 5.91 Å². The van der Waals surface area contributed by atoms with E-state index in [9.17, 15) is 23.1 Å². The van der Waals surface area contributed by atoms with Gasteiger partial charge in [0.25, 0.3) is 0 Å². The third kappa shape index (κ3) is 3.00. The standard InChI is InChI=1S/C15H23NO5S/c17-14(7-10-5-6-22(20,21)9-10)16-12-4-2-1-3-11(12)8-13(16)15(18)19/h10-13H,1-9H2,(H,18,19). The molecule has 22 heavy (non-hydrogen) atoms. The number of likely N-dealkylation sites (tertiary alicyclic amines) is 1. The van der Waals surface area contributed by atoms with E-state index >= 15 is 0 Å². The van der Waals surface area contributed by atoms with Crippen molar-refractivity contribution in [3.8, 4) is 0 Å². The fourth-order valence-corrected chi connectivity index (χ4v) is 6.29. The summed E-state index contributed by atoms with van der Waals surface area (Å²) in [6.45, 7) is 0. The second kappa shape index (κ2) is 5.83. The van der Waals surface area contributed by atoms with Crippen molar-refractivity contribution in [2.75, 3.05) is 11.5 Å². The highest BCUT2D eigenvalue weighted by atomic mass is 32.2. The number of hydrogen-bond donors (Lipinski definition) is 1. The number of hydrogen-bond acceptors (Lipinski definition) is 4. The quantitative estimate of drug-likeness (QED) is 0.836. The molecule has 0 aromatic heterocycles. The van der Waals surface area contributed by atoms with E-state index in [0.29, 0.717) is 18.8 Å². The van der Waals surface area contributed by atoms with Crippen molar-refractivity contribution in [3.63, 3.8) is 0 Å². The Kier molecular flexibility index (Phi) is 4.18. The number of carboxylic acid groups (broad SMARTS) is 1. The molecule has 6 nitrogen and oxygen atoms in total. The van der Waals surface area contributed by atoms with E-state index in [1.54, 1.807) is 4.90 Å². The van der Waals surface area contributed by atoms with E-state index in [1.165, 1.54) is 0 Å². The minimum atomic E-state index is -3.00. The van der Waals surface area contributed by atoms with Crippen LogP contribution in [0.2, 0.25) is 0 Å². The maximum atomic E-state index is 12.6. The Balaban J connectivity index is 1.72. The van der Waals surface area contributed by atoms with Crippen molar-refractivity contribution in [3.05, 3.63) is 0 Å². The first-order valence-corrected chi connectivity index (χ1v) is 9.94. The first-order valence-electron chi connectivity index (χ1n) is 8.12. The van der Waals surface area contributed by atoms with E-state index in [1.807, 2.05) is 0 Å². The number of fused-ring (bicyclic) bond motifs is 1. The van der Waals surface area contributed by atoms with Crippen molar-refractivity contribution in [2.45, 2.75) is 57.0 Å². The molecule has 2 aliphatic heterocycles. The summed E-state index contributed by atoms with van der Waals surface area (Å²) in [7, 11) is -3.00. The van der Waals surface area contributed by atoms with E-state index in [2.05, 4.69) is 0 Å². The largest absolute Gasteiger partial charge is 0.480 e. The van der Waals surface area contributed by atoms with Crippen LogP contribution >= 0.6 is 0 Å². The maximum Gasteiger partial charge on any atom is 0.326 e. The van der Waals surface area contributed by atoms with Crippen LogP contribution in [0.1, 0.15) is 44.9 Å². The topological polar surface area (TPSA) is 91.8 Å². The fraction of sp³-hybridized carbons (Fsp3) is 0.867. The number of carboxylic acids is 1. The smallest absolute Gasteiger partial charge is 0.326 e. The number of rotatable bonds is 3. The summed E-state index contributed by atoms with van der Waals surface area (Å²) >= 11 is 0. The lowest BCUT2D eigenvalue weighted by atomic mass is 9.84. The average molecular weight is 329 g/mol. The van der Waals surface area contributed by atoms with Crippen LogP contribution in [0.5, 0.6) is 0 Å². The lowest BCUT2D eigenvalue weighted by Gasteiger charge is -2.33. The molecular weight excluding hydrogens is 306 g/mol. The number of nitrogens with zero attached hydrogens (tertiary/aromatic N) is 1. The maximum absolute atomic E-state index is 12.6. The van der Waals surface area contributed by atoms with Crippen LogP contribution in [-0.2, 0) is 19.4 Å². The number of amides is 1. The highest BCUT2D eigenvalue weighted by Crippen LogP contribution is 2.40. The Morgan fingerprint density at radius 3 is 2.50 bits per heavy atom. The molecule has 7 heteroatoms. The Morgan fingerprint density at radius 2 is 1.86 bits per heavy atom. The molecule has 0 spiro atoms. The predicted molar refractivity (Wildman–Crippen MR) is 80.0 cm³/mol. The van der Waals surface area contributed by atoms with Gasteiger partial charge in [0.1, 0.15) is 6.04 Å². The van der Waals surface area contributed by atoms with Crippen LogP contribution < -0.4 is 0 Å². The first kappa shape index (κ1) is 15.8. The molecule has 0 aromatic rings. The SMILES string of the molecule is O=C(O)C1CC2CCCCC2N1C(=O)CC1CCS(=O)(=O)C1. The molecule has 3 fully saturated rings. The van der Waals surface area contributed by atoms with Gasteiger partial charge in [-0.1, -0.05) is 12.8 Å². The van der Waals surface area contributed by atoms with E-state index in [-0.39, 0.29) is 35.8 Å². The van der Waals surface area contributed by atoms with Crippen LogP contribution in [0, 0.1) is 11.8 Å². The number of carbonyl (C=O) groups is 2. The van der Waals surface area contributed by atoms with E-state index < -0.39 is 21.8 Å². The average Bonchev–Trinajstić information content (AvgIpc) is 2.99. The fourth-order valence-electron chi connectivity index (χ4n) is 4.42. The molecule has 0 aromatic carbocycles. The summed E-state index contributed by atoms with van der Waals surface area (Å²) in [4.78, 5) is 25.7. The van der Waals surface area contributed by atoms with Crippen molar-refractivity contribution in [1.29, 1.82) is 0 Å². The molecule has 1 aliphatic carbocycles. The highest BCUT2D eigenvalue weighted by Gasteiger charge is 2.47. The van der Waals surface area contributed by atoms with Crippen LogP contribution in [-0.4, -0.2) is 53.9 Å². The third-order valence-corrected chi connectivity index (χ3v) is 7.29. The summed E-state index contributed by atoms with van der Waals surface area (Å²) in [5, 5.41) is 9.43. The first-order chi connectivity index (χ1) is 10.4. The molecule has 4 unspecified atom stereocenters. The van der Waals surface area contributed by atoms with Crippen LogP contribution in [0.25, 0.3) is 0 Å². The lowest BCUT2D eigenvalue weighted by Crippen LogP contribution is -2.46. The zero-order valence-corrected chi connectivity index (χ0v) is 13.4. The number of carbonyl (C=O) groups excluding carboxylic acids is 1. The van der Waals surface area contributed by atoms with Crippen molar-refractivity contribution in [1.82, 2.24) is 4.90 Å². The van der Waals surface area contributed by atoms with Crippen LogP contribution in [0.15, 0.2) is 0 Å². The summed E-state index contributed by atoms with van der Waals surface area (Å²) in [5.74, 6) is -0.719. The van der Waals surface area contributed by atoms with Gasteiger partial charge in [-0.05, 0) is 37.5 Å². The summed E-state index contributed by atoms with van der Waals surface area (Å²) in [6.07, 6.45) is 5.26. The monoisotopic (exact) mass is 329 g/mol. The minimum Gasteiger partial charge on any atom is -0.480 e. The number of aliphatic carboxylic acids is 1. The molecule has 0 radical (unpaired) electrons. The number of sulfone groups is 1. The van der Waals surface area contributed by atoms with Gasteiger partial charge in [0, 0.05) is 12.5 Å². The van der Waals surface area contributed by atoms with Gasteiger partial charge in [-0.25, -0.2) is 13.2 Å². The van der Waals surface area contributed by atoms with Gasteiger partial charge >= 0.3 is 5.97 Å². The molecule has 0 bridgehead atoms. The molecule has 3 rings (SSSR count). The zero-order chi connectivity index (χ0) is 15.9. The minimum absolute atomic E-state index is 0.0420. The van der Waals surface area contributed by atoms with Gasteiger partial charge < -0.3 is 10.0 Å². The molecule has 1 N–H and O–H groups in total. The molecule has 1 amide bonds. The Bertz CT molecular complexity index is 572. The Hall–Kier alpha value is -1.11. The second-order valence-corrected chi connectivity index (χ2v) is 9.20. The summed E-state index contributed by atoms with van der Waals surface area (Å²) in [6, 6.07) is -0.682. The van der Waals surface area contributed by atoms with E-state index in [4.69, 9.17) is 0 Å². The van der Waals surface area contributed by atoms with Gasteiger partial charge in [-0.3, -0.25) is 4.79 Å². The van der Waals surface area contributed by atoms with Crippen LogP contribution in [0.3, 0.4) is 0 Å². The molecule has 2 heterocycles. The van der Waals surface area contributed by atoms with Crippen LogP contribution in [0.4, 0.5) is 0 Å². The molecular formula is C15H23NO5S. The second-order valence-electron chi connectivity index (χ2n) is 6.98. The highest BCUT2D eigenvalue weighted by molar-refractivity contribution is 7.91. The molecule has 124 valence electrons. The molecule has 2 saturated heterocycles. The van der Waals surface area contributed by atoms with Gasteiger partial charge in [0.15, 0.2) is 9.84 Å². The van der Waals surface area contributed by atoms with E-state index in [0.717, 1.165) is 25.7 Å². The third-order valence-electron chi connectivity index (χ3n) is 5.45. The van der Waals surface area contributed by atoms with Gasteiger partial charge in [0.05, 0.1) is 11.5 Å². The lowest BCUT2D eigenvalue weighted by molar-refractivity contribution is -0.150. The summed E-state index contributed by atoms with van der Waals surface area (Å²) < 4.78 is 23.1. The molecule has 1 saturated carbocycles. The zero-order valence-electron chi connectivity index (χ0n) is 12.6. The molecule has 4 atom stereocenters.